The number of rotatable bonds is 7. The third-order valence-corrected chi connectivity index (χ3v) is 7.15. The van der Waals surface area contributed by atoms with Gasteiger partial charge in [0.1, 0.15) is 17.4 Å². The van der Waals surface area contributed by atoms with Crippen LogP contribution in [0.4, 0.5) is 21.7 Å². The Kier molecular flexibility index (Phi) is 7.30. The van der Waals surface area contributed by atoms with Gasteiger partial charge in [0.2, 0.25) is 0 Å². The highest BCUT2D eigenvalue weighted by atomic mass is 35.5. The van der Waals surface area contributed by atoms with Crippen LogP contribution in [0.15, 0.2) is 54.9 Å². The number of piperazine rings is 1. The fourth-order valence-corrected chi connectivity index (χ4v) is 4.93. The van der Waals surface area contributed by atoms with E-state index in [9.17, 15) is 0 Å². The Morgan fingerprint density at radius 3 is 2.32 bits per heavy atom. The molecule has 0 radical (unpaired) electrons. The van der Waals surface area contributed by atoms with Gasteiger partial charge in [-0.2, -0.15) is 0 Å². The van der Waals surface area contributed by atoms with Crippen molar-refractivity contribution in [3.05, 3.63) is 65.7 Å². The van der Waals surface area contributed by atoms with Gasteiger partial charge in [-0.3, -0.25) is 0 Å². The maximum Gasteiger partial charge on any atom is 0.174 e. The van der Waals surface area contributed by atoms with Crippen LogP contribution in [-0.2, 0) is 0 Å². The highest BCUT2D eigenvalue weighted by Crippen LogP contribution is 2.42. The normalized spacial score (nSPS) is 14.1. The first-order chi connectivity index (χ1) is 18.0. The number of hydrogen-bond acceptors (Lipinski definition) is 7. The summed E-state index contributed by atoms with van der Waals surface area (Å²) in [5.41, 5.74) is 1.95. The maximum atomic E-state index is 15.1. The van der Waals surface area contributed by atoms with E-state index in [-0.39, 0.29) is 16.3 Å². The summed E-state index contributed by atoms with van der Waals surface area (Å²) in [5, 5.41) is 5.25. The summed E-state index contributed by atoms with van der Waals surface area (Å²) in [4.78, 5) is 13.9. The number of likely N-dealkylation sites (N-methyl/N-ethyl adjacent to an activating group) is 1. The monoisotopic (exact) mass is 521 g/mol. The first-order valence-electron chi connectivity index (χ1n) is 12.2. The third-order valence-electron chi connectivity index (χ3n) is 6.77. The Labute approximate surface area is 220 Å². The molecule has 1 fully saturated rings. The molecule has 0 amide bonds. The van der Waals surface area contributed by atoms with Gasteiger partial charge in [0.15, 0.2) is 11.6 Å². The predicted molar refractivity (Wildman–Crippen MR) is 147 cm³/mol. The van der Waals surface area contributed by atoms with Crippen molar-refractivity contribution in [3.8, 4) is 22.6 Å². The number of hydrogen-bond donors (Lipinski definition) is 1. The van der Waals surface area contributed by atoms with Gasteiger partial charge in [0.25, 0.3) is 0 Å². The second kappa shape index (κ2) is 10.8. The Morgan fingerprint density at radius 1 is 0.892 bits per heavy atom. The summed E-state index contributed by atoms with van der Waals surface area (Å²) in [6, 6.07) is 13.0. The second-order valence-electron chi connectivity index (χ2n) is 8.86. The molecule has 37 heavy (non-hydrogen) atoms. The van der Waals surface area contributed by atoms with Gasteiger partial charge in [-0.05, 0) is 41.8 Å². The molecule has 1 aliphatic rings. The molecule has 7 nitrogen and oxygen atoms in total. The van der Waals surface area contributed by atoms with Gasteiger partial charge >= 0.3 is 0 Å². The molecule has 1 saturated heterocycles. The van der Waals surface area contributed by atoms with E-state index in [0.29, 0.717) is 17.1 Å². The number of aromatic nitrogens is 2. The topological polar surface area (TPSA) is 62.8 Å². The van der Waals surface area contributed by atoms with Crippen LogP contribution >= 0.6 is 11.6 Å². The van der Waals surface area contributed by atoms with E-state index < -0.39 is 5.82 Å². The molecule has 3 heterocycles. The fourth-order valence-electron chi connectivity index (χ4n) is 4.61. The number of nitrogens with zero attached hydrogens (tertiary/aromatic N) is 4. The number of methoxy groups -OCH3 is 2. The Balaban J connectivity index is 1.35. The number of nitrogens with one attached hydrogen (secondary N) is 1. The first-order valence-corrected chi connectivity index (χ1v) is 12.6. The molecular weight excluding hydrogens is 493 g/mol. The zero-order valence-corrected chi connectivity index (χ0v) is 21.8. The Hall–Kier alpha value is -3.62. The van der Waals surface area contributed by atoms with Gasteiger partial charge in [-0.15, -0.1) is 0 Å². The minimum atomic E-state index is -0.541. The van der Waals surface area contributed by atoms with E-state index in [1.165, 1.54) is 20.3 Å². The molecular formula is C28H29ClFN5O2. The van der Waals surface area contributed by atoms with E-state index >= 15 is 4.39 Å². The van der Waals surface area contributed by atoms with Gasteiger partial charge in [0.05, 0.1) is 31.1 Å². The maximum absolute atomic E-state index is 15.1. The zero-order valence-electron chi connectivity index (χ0n) is 21.1. The highest BCUT2D eigenvalue weighted by molar-refractivity contribution is 6.35. The average molecular weight is 522 g/mol. The van der Waals surface area contributed by atoms with Crippen molar-refractivity contribution in [1.82, 2.24) is 14.9 Å². The number of ether oxygens (including phenoxy) is 2. The summed E-state index contributed by atoms with van der Waals surface area (Å²) in [6.45, 7) is 7.45. The largest absolute Gasteiger partial charge is 0.495 e. The quantitative estimate of drug-likeness (QED) is 0.320. The zero-order chi connectivity index (χ0) is 25.9. The minimum Gasteiger partial charge on any atom is -0.495 e. The summed E-state index contributed by atoms with van der Waals surface area (Å²) in [6.07, 6.45) is 3.64. The minimum absolute atomic E-state index is 0.0655. The first kappa shape index (κ1) is 25.0. The lowest BCUT2D eigenvalue weighted by Crippen LogP contribution is -2.46. The summed E-state index contributed by atoms with van der Waals surface area (Å²) in [7, 11) is 2.89. The summed E-state index contributed by atoms with van der Waals surface area (Å²) >= 11 is 6.46. The van der Waals surface area contributed by atoms with E-state index in [1.54, 1.807) is 6.20 Å². The summed E-state index contributed by atoms with van der Waals surface area (Å²) < 4.78 is 25.6. The van der Waals surface area contributed by atoms with Crippen molar-refractivity contribution in [2.45, 2.75) is 6.92 Å². The van der Waals surface area contributed by atoms with Crippen LogP contribution in [0.5, 0.6) is 11.5 Å². The van der Waals surface area contributed by atoms with Gasteiger partial charge in [-0.1, -0.05) is 30.7 Å². The average Bonchev–Trinajstić information content (AvgIpc) is 2.94. The van der Waals surface area contributed by atoms with Crippen LogP contribution in [-0.4, -0.2) is 61.8 Å². The van der Waals surface area contributed by atoms with Crippen LogP contribution in [0.3, 0.4) is 0 Å². The number of anilines is 3. The molecule has 0 unspecified atom stereocenters. The van der Waals surface area contributed by atoms with Crippen LogP contribution in [0, 0.1) is 5.82 Å². The van der Waals surface area contributed by atoms with Gasteiger partial charge in [-0.25, -0.2) is 14.4 Å². The molecule has 1 N–H and O–H groups in total. The standard InChI is InChI=1S/C28H29ClFN5O2/c1-4-34-9-11-35(12-10-34)21-7-8-24(32-17-21)33-25-14-18-5-6-19(13-20(18)16-31-25)26-27(29)22(36-2)15-23(37-3)28(26)30/h5-8,13-17H,4,9-12H2,1-3H3,(H,31,32,33). The third kappa shape index (κ3) is 5.12. The van der Waals surface area contributed by atoms with Crippen molar-refractivity contribution in [2.75, 3.05) is 57.2 Å². The van der Waals surface area contributed by atoms with E-state index in [1.807, 2.05) is 36.5 Å². The van der Waals surface area contributed by atoms with Gasteiger partial charge in [0, 0.05) is 49.4 Å². The van der Waals surface area contributed by atoms with Crippen molar-refractivity contribution in [3.63, 3.8) is 0 Å². The van der Waals surface area contributed by atoms with Crippen LogP contribution in [0.1, 0.15) is 6.92 Å². The van der Waals surface area contributed by atoms with Crippen LogP contribution < -0.4 is 19.7 Å². The van der Waals surface area contributed by atoms with Crippen molar-refractivity contribution < 1.29 is 13.9 Å². The number of fused-ring (bicyclic) bond motifs is 1. The molecule has 0 saturated carbocycles. The molecule has 1 aliphatic heterocycles. The van der Waals surface area contributed by atoms with Crippen molar-refractivity contribution >= 4 is 39.7 Å². The van der Waals surface area contributed by atoms with E-state index in [0.717, 1.165) is 55.0 Å². The highest BCUT2D eigenvalue weighted by Gasteiger charge is 2.20. The molecule has 2 aromatic heterocycles. The molecule has 0 spiro atoms. The van der Waals surface area contributed by atoms with Crippen LogP contribution in [0.2, 0.25) is 5.02 Å². The number of pyridine rings is 2. The fraction of sp³-hybridized carbons (Fsp3) is 0.286. The molecule has 4 aromatic rings. The molecule has 0 atom stereocenters. The molecule has 2 aromatic carbocycles. The lowest BCUT2D eigenvalue weighted by molar-refractivity contribution is 0.271. The van der Waals surface area contributed by atoms with Crippen LogP contribution in [0.25, 0.3) is 21.9 Å². The van der Waals surface area contributed by atoms with E-state index in [2.05, 4.69) is 38.1 Å². The summed E-state index contributed by atoms with van der Waals surface area (Å²) in [5.74, 6) is 1.26. The van der Waals surface area contributed by atoms with E-state index in [4.69, 9.17) is 21.1 Å². The van der Waals surface area contributed by atoms with Crippen molar-refractivity contribution in [2.24, 2.45) is 0 Å². The second-order valence-corrected chi connectivity index (χ2v) is 9.24. The Morgan fingerprint density at radius 2 is 1.65 bits per heavy atom. The predicted octanol–water partition coefficient (Wildman–Crippen LogP) is 5.99. The number of halogens is 2. The van der Waals surface area contributed by atoms with Gasteiger partial charge < -0.3 is 24.6 Å². The molecule has 0 bridgehead atoms. The molecule has 192 valence electrons. The molecule has 9 heteroatoms. The SMILES string of the molecule is CCN1CCN(c2ccc(Nc3cc4ccc(-c5c(F)c(OC)cc(OC)c5Cl)cc4cn3)nc2)CC1. The van der Waals surface area contributed by atoms with Crippen molar-refractivity contribution in [1.29, 1.82) is 0 Å². The smallest absolute Gasteiger partial charge is 0.174 e. The number of benzene rings is 2. The Bertz CT molecular complexity index is 1380. The molecule has 5 rings (SSSR count). The molecule has 0 aliphatic carbocycles. The lowest BCUT2D eigenvalue weighted by Gasteiger charge is -2.35. The lowest BCUT2D eigenvalue weighted by atomic mass is 10.0.